The summed E-state index contributed by atoms with van der Waals surface area (Å²) in [4.78, 5) is 50.9. The third kappa shape index (κ3) is 6.85. The second-order valence-corrected chi connectivity index (χ2v) is 8.37. The van der Waals surface area contributed by atoms with E-state index in [0.29, 0.717) is 37.2 Å². The van der Waals surface area contributed by atoms with Gasteiger partial charge in [0.25, 0.3) is 11.8 Å². The number of esters is 2. The Morgan fingerprint density at radius 1 is 1.24 bits per heavy atom. The van der Waals surface area contributed by atoms with Gasteiger partial charge in [0.15, 0.2) is 6.61 Å². The molecule has 0 aromatic carbocycles. The maximum absolute atomic E-state index is 12.3. The predicted molar refractivity (Wildman–Crippen MR) is 107 cm³/mol. The lowest BCUT2D eigenvalue weighted by atomic mass is 9.97. The van der Waals surface area contributed by atoms with Gasteiger partial charge in [-0.25, -0.2) is 4.79 Å². The van der Waals surface area contributed by atoms with Crippen molar-refractivity contribution in [1.82, 2.24) is 10.2 Å². The Hall–Kier alpha value is -2.42. The first-order valence-corrected chi connectivity index (χ1v) is 10.6. The molecule has 1 saturated heterocycles. The molecular formula is C20H28N2O6S. The van der Waals surface area contributed by atoms with Gasteiger partial charge in [-0.3, -0.25) is 14.4 Å². The number of piperidine rings is 1. The number of ether oxygens (including phenoxy) is 2. The van der Waals surface area contributed by atoms with Crippen LogP contribution in [0.4, 0.5) is 0 Å². The van der Waals surface area contributed by atoms with E-state index in [1.54, 1.807) is 11.0 Å². The van der Waals surface area contributed by atoms with Crippen molar-refractivity contribution in [3.05, 3.63) is 22.4 Å². The average Bonchev–Trinajstić information content (AvgIpc) is 3.25. The van der Waals surface area contributed by atoms with Crippen LogP contribution >= 0.6 is 11.3 Å². The van der Waals surface area contributed by atoms with Crippen molar-refractivity contribution in [3.8, 4) is 0 Å². The van der Waals surface area contributed by atoms with Crippen molar-refractivity contribution < 1.29 is 28.7 Å². The molecule has 2 rings (SSSR count). The summed E-state index contributed by atoms with van der Waals surface area (Å²) in [5, 5.41) is 4.41. The van der Waals surface area contributed by atoms with Gasteiger partial charge in [0.05, 0.1) is 17.9 Å². The summed E-state index contributed by atoms with van der Waals surface area (Å²) in [7, 11) is 1.26. The molecule has 0 saturated carbocycles. The number of hydrogen-bond donors (Lipinski definition) is 1. The Labute approximate surface area is 174 Å². The maximum atomic E-state index is 12.3. The minimum absolute atomic E-state index is 0.0230. The van der Waals surface area contributed by atoms with Gasteiger partial charge < -0.3 is 19.7 Å². The molecule has 0 aliphatic carbocycles. The van der Waals surface area contributed by atoms with Crippen LogP contribution in [0.5, 0.6) is 0 Å². The molecule has 0 bridgehead atoms. The van der Waals surface area contributed by atoms with Gasteiger partial charge in [0.1, 0.15) is 6.04 Å². The number of carbonyl (C=O) groups is 4. The smallest absolute Gasteiger partial charge is 0.328 e. The molecule has 9 heteroatoms. The molecule has 0 unspecified atom stereocenters. The van der Waals surface area contributed by atoms with E-state index in [1.165, 1.54) is 18.4 Å². The van der Waals surface area contributed by atoms with E-state index < -0.39 is 30.5 Å². The highest BCUT2D eigenvalue weighted by atomic mass is 32.1. The minimum Gasteiger partial charge on any atom is -0.467 e. The first-order valence-electron chi connectivity index (χ1n) is 9.68. The van der Waals surface area contributed by atoms with Crippen LogP contribution in [0.15, 0.2) is 17.5 Å². The number of nitrogens with one attached hydrogen (secondary N) is 1. The van der Waals surface area contributed by atoms with E-state index in [4.69, 9.17) is 9.47 Å². The van der Waals surface area contributed by atoms with E-state index >= 15 is 0 Å². The maximum Gasteiger partial charge on any atom is 0.328 e. The van der Waals surface area contributed by atoms with Crippen molar-refractivity contribution in [2.75, 3.05) is 26.8 Å². The zero-order valence-corrected chi connectivity index (χ0v) is 17.8. The van der Waals surface area contributed by atoms with Crippen molar-refractivity contribution in [2.24, 2.45) is 11.8 Å². The third-order valence-corrected chi connectivity index (χ3v) is 5.58. The standard InChI is InChI=1S/C20H28N2O6S/c1-13(2)11-15(20(26)27-3)21-17(23)12-28-19(25)14-6-8-22(9-7-14)18(24)16-5-4-10-29-16/h4-5,10,13-15H,6-9,11-12H2,1-3H3,(H,21,23)/t15-/m0/s1. The summed E-state index contributed by atoms with van der Waals surface area (Å²) in [5.74, 6) is -1.71. The largest absolute Gasteiger partial charge is 0.467 e. The Morgan fingerprint density at radius 2 is 1.93 bits per heavy atom. The first kappa shape index (κ1) is 22.9. The lowest BCUT2D eigenvalue weighted by Crippen LogP contribution is -2.44. The summed E-state index contributed by atoms with van der Waals surface area (Å²) in [6.07, 6.45) is 1.43. The number of thiophene rings is 1. The van der Waals surface area contributed by atoms with Crippen LogP contribution < -0.4 is 5.32 Å². The van der Waals surface area contributed by atoms with Crippen LogP contribution in [0.2, 0.25) is 0 Å². The van der Waals surface area contributed by atoms with Crippen LogP contribution in [0.1, 0.15) is 42.8 Å². The SMILES string of the molecule is COC(=O)[C@H](CC(C)C)NC(=O)COC(=O)C1CCN(C(=O)c2cccs2)CC1. The van der Waals surface area contributed by atoms with Gasteiger partial charge >= 0.3 is 11.9 Å². The zero-order valence-electron chi connectivity index (χ0n) is 17.0. The van der Waals surface area contributed by atoms with Crippen molar-refractivity contribution >= 4 is 35.1 Å². The number of rotatable bonds is 8. The fourth-order valence-electron chi connectivity index (χ4n) is 3.19. The summed E-state index contributed by atoms with van der Waals surface area (Å²) >= 11 is 1.39. The zero-order chi connectivity index (χ0) is 21.4. The number of hydrogen-bond acceptors (Lipinski definition) is 7. The Morgan fingerprint density at radius 3 is 2.48 bits per heavy atom. The third-order valence-electron chi connectivity index (χ3n) is 4.72. The van der Waals surface area contributed by atoms with Crippen LogP contribution in [-0.4, -0.2) is 61.5 Å². The van der Waals surface area contributed by atoms with Crippen LogP contribution in [-0.2, 0) is 23.9 Å². The predicted octanol–water partition coefficient (Wildman–Crippen LogP) is 1.85. The molecule has 1 N–H and O–H groups in total. The Bertz CT molecular complexity index is 711. The fraction of sp³-hybridized carbons (Fsp3) is 0.600. The monoisotopic (exact) mass is 424 g/mol. The average molecular weight is 425 g/mol. The molecule has 1 aromatic rings. The van der Waals surface area contributed by atoms with E-state index in [1.807, 2.05) is 25.3 Å². The Balaban J connectivity index is 1.75. The van der Waals surface area contributed by atoms with Gasteiger partial charge in [-0.1, -0.05) is 19.9 Å². The number of nitrogens with zero attached hydrogens (tertiary/aromatic N) is 1. The van der Waals surface area contributed by atoms with Gasteiger partial charge in [0.2, 0.25) is 0 Å². The van der Waals surface area contributed by atoms with E-state index in [2.05, 4.69) is 5.32 Å². The second kappa shape index (κ2) is 10.9. The van der Waals surface area contributed by atoms with E-state index in [-0.39, 0.29) is 17.7 Å². The van der Waals surface area contributed by atoms with Crippen LogP contribution in [0, 0.1) is 11.8 Å². The van der Waals surface area contributed by atoms with E-state index in [9.17, 15) is 19.2 Å². The Kier molecular flexibility index (Phi) is 8.63. The quantitative estimate of drug-likeness (QED) is 0.639. The lowest BCUT2D eigenvalue weighted by molar-refractivity contribution is -0.154. The lowest BCUT2D eigenvalue weighted by Gasteiger charge is -2.30. The van der Waals surface area contributed by atoms with Gasteiger partial charge in [-0.05, 0) is 36.6 Å². The number of carbonyl (C=O) groups excluding carboxylic acids is 4. The van der Waals surface area contributed by atoms with Crippen molar-refractivity contribution in [2.45, 2.75) is 39.2 Å². The molecule has 2 amide bonds. The molecule has 0 spiro atoms. The molecule has 1 fully saturated rings. The summed E-state index contributed by atoms with van der Waals surface area (Å²) in [5.41, 5.74) is 0. The van der Waals surface area contributed by atoms with Crippen LogP contribution in [0.25, 0.3) is 0 Å². The highest BCUT2D eigenvalue weighted by Crippen LogP contribution is 2.21. The molecule has 1 aliphatic heterocycles. The van der Waals surface area contributed by atoms with Crippen LogP contribution in [0.3, 0.4) is 0 Å². The minimum atomic E-state index is -0.766. The molecule has 0 radical (unpaired) electrons. The second-order valence-electron chi connectivity index (χ2n) is 7.42. The molecule has 8 nitrogen and oxygen atoms in total. The molecule has 160 valence electrons. The summed E-state index contributed by atoms with van der Waals surface area (Å²) < 4.78 is 9.82. The van der Waals surface area contributed by atoms with Crippen molar-refractivity contribution in [3.63, 3.8) is 0 Å². The first-order chi connectivity index (χ1) is 13.8. The van der Waals surface area contributed by atoms with Gasteiger partial charge in [-0.15, -0.1) is 11.3 Å². The molecule has 1 atom stereocenters. The molecular weight excluding hydrogens is 396 g/mol. The topological polar surface area (TPSA) is 102 Å². The van der Waals surface area contributed by atoms with Gasteiger partial charge in [-0.2, -0.15) is 0 Å². The molecule has 1 aliphatic rings. The highest BCUT2D eigenvalue weighted by molar-refractivity contribution is 7.12. The highest BCUT2D eigenvalue weighted by Gasteiger charge is 2.30. The summed E-state index contributed by atoms with van der Waals surface area (Å²) in [6, 6.07) is 2.85. The fourth-order valence-corrected chi connectivity index (χ4v) is 3.88. The van der Waals surface area contributed by atoms with Crippen molar-refractivity contribution in [1.29, 1.82) is 0 Å². The normalized spacial score (nSPS) is 15.7. The summed E-state index contributed by atoms with van der Waals surface area (Å²) in [6.45, 7) is 4.36. The van der Waals surface area contributed by atoms with Gasteiger partial charge in [0, 0.05) is 13.1 Å². The van der Waals surface area contributed by atoms with E-state index in [0.717, 1.165) is 0 Å². The molecule has 29 heavy (non-hydrogen) atoms. The number of methoxy groups -OCH3 is 1. The number of likely N-dealkylation sites (tertiary alicyclic amines) is 1. The molecule has 2 heterocycles. The number of amides is 2. The molecule has 1 aromatic heterocycles.